The Morgan fingerprint density at radius 2 is 1.96 bits per heavy atom. The van der Waals surface area contributed by atoms with Crippen molar-refractivity contribution in [3.05, 3.63) is 47.6 Å². The highest BCUT2D eigenvalue weighted by molar-refractivity contribution is 5.37. The summed E-state index contributed by atoms with van der Waals surface area (Å²) < 4.78 is 0. The largest absolute Gasteiger partial charge is 0.393 e. The molecule has 2 saturated carbocycles. The van der Waals surface area contributed by atoms with E-state index in [1.807, 2.05) is 0 Å². The molecule has 0 aromatic heterocycles. The molecule has 2 unspecified atom stereocenters. The Morgan fingerprint density at radius 1 is 1.18 bits per heavy atom. The first-order valence-corrected chi connectivity index (χ1v) is 11.8. The summed E-state index contributed by atoms with van der Waals surface area (Å²) in [6, 6.07) is 0. The van der Waals surface area contributed by atoms with Crippen LogP contribution in [0.2, 0.25) is 0 Å². The minimum atomic E-state index is -0.186. The molecule has 3 rings (SSSR count). The third-order valence-electron chi connectivity index (χ3n) is 7.80. The summed E-state index contributed by atoms with van der Waals surface area (Å²) in [4.78, 5) is 0. The standard InChI is InChI=1S/C27H42O/c1-19(2)8-6-9-21(4)25-15-16-26-22(10-7-17-27(25,26)5)12-13-23-18-24(28)14-11-20(23)3/h12-13,15-16,19,21,24-26,28H,3,6-11,14,17-18H2,1-2,4-5H3/b22-12+,23-13-/t21-,24?,25-,26+,27?/m1/s1. The molecule has 0 spiro atoms. The Hall–Kier alpha value is -1.08. The maximum atomic E-state index is 10.0. The molecule has 3 aliphatic carbocycles. The van der Waals surface area contributed by atoms with Gasteiger partial charge < -0.3 is 5.11 Å². The average molecular weight is 383 g/mol. The Bertz CT molecular complexity index is 649. The van der Waals surface area contributed by atoms with Gasteiger partial charge in [-0.05, 0) is 67.3 Å². The van der Waals surface area contributed by atoms with E-state index in [2.05, 4.69) is 58.6 Å². The number of hydrogen-bond donors (Lipinski definition) is 1. The zero-order valence-corrected chi connectivity index (χ0v) is 18.7. The maximum Gasteiger partial charge on any atom is 0.0583 e. The minimum absolute atomic E-state index is 0.186. The van der Waals surface area contributed by atoms with Crippen molar-refractivity contribution in [1.29, 1.82) is 0 Å². The summed E-state index contributed by atoms with van der Waals surface area (Å²) >= 11 is 0. The second kappa shape index (κ2) is 9.16. The number of hydrogen-bond acceptors (Lipinski definition) is 1. The lowest BCUT2D eigenvalue weighted by molar-refractivity contribution is 0.109. The van der Waals surface area contributed by atoms with Crippen molar-refractivity contribution in [3.8, 4) is 0 Å². The minimum Gasteiger partial charge on any atom is -0.393 e. The van der Waals surface area contributed by atoms with Crippen LogP contribution >= 0.6 is 0 Å². The van der Waals surface area contributed by atoms with E-state index in [1.54, 1.807) is 5.57 Å². The van der Waals surface area contributed by atoms with Gasteiger partial charge in [-0.2, -0.15) is 0 Å². The second-order valence-electron chi connectivity index (χ2n) is 10.5. The van der Waals surface area contributed by atoms with Gasteiger partial charge in [0.1, 0.15) is 0 Å². The smallest absolute Gasteiger partial charge is 0.0583 e. The first kappa shape index (κ1) is 21.6. The lowest BCUT2D eigenvalue weighted by Gasteiger charge is -2.44. The van der Waals surface area contributed by atoms with E-state index in [0.29, 0.717) is 17.3 Å². The van der Waals surface area contributed by atoms with Crippen LogP contribution in [0, 0.1) is 29.1 Å². The molecule has 0 saturated heterocycles. The summed E-state index contributed by atoms with van der Waals surface area (Å²) in [5.41, 5.74) is 4.48. The number of aliphatic hydroxyl groups is 1. The third-order valence-corrected chi connectivity index (χ3v) is 7.80. The molecule has 2 fully saturated rings. The predicted molar refractivity (Wildman–Crippen MR) is 121 cm³/mol. The van der Waals surface area contributed by atoms with E-state index in [1.165, 1.54) is 49.7 Å². The van der Waals surface area contributed by atoms with Crippen molar-refractivity contribution < 1.29 is 5.11 Å². The van der Waals surface area contributed by atoms with Crippen LogP contribution in [0.1, 0.15) is 85.5 Å². The van der Waals surface area contributed by atoms with Crippen LogP contribution in [0.15, 0.2) is 47.6 Å². The topological polar surface area (TPSA) is 20.2 Å². The summed E-state index contributed by atoms with van der Waals surface area (Å²) in [5, 5.41) is 10.0. The lowest BCUT2D eigenvalue weighted by atomic mass is 9.60. The monoisotopic (exact) mass is 382 g/mol. The molecule has 0 amide bonds. The van der Waals surface area contributed by atoms with Crippen LogP contribution in [0.5, 0.6) is 0 Å². The Balaban J connectivity index is 1.71. The molecule has 1 heteroatoms. The van der Waals surface area contributed by atoms with Gasteiger partial charge in [0.2, 0.25) is 0 Å². The van der Waals surface area contributed by atoms with Gasteiger partial charge in [-0.3, -0.25) is 0 Å². The van der Waals surface area contributed by atoms with Crippen LogP contribution in [0.3, 0.4) is 0 Å². The van der Waals surface area contributed by atoms with Crippen LogP contribution in [-0.2, 0) is 0 Å². The van der Waals surface area contributed by atoms with Gasteiger partial charge in [0.05, 0.1) is 6.10 Å². The first-order valence-electron chi connectivity index (χ1n) is 11.8. The van der Waals surface area contributed by atoms with Crippen molar-refractivity contribution in [2.75, 3.05) is 0 Å². The molecule has 1 N–H and O–H groups in total. The van der Waals surface area contributed by atoms with Crippen LogP contribution < -0.4 is 0 Å². The quantitative estimate of drug-likeness (QED) is 0.475. The van der Waals surface area contributed by atoms with Crippen LogP contribution in [0.25, 0.3) is 0 Å². The highest BCUT2D eigenvalue weighted by Gasteiger charge is 2.47. The summed E-state index contributed by atoms with van der Waals surface area (Å²) in [7, 11) is 0. The fourth-order valence-electron chi connectivity index (χ4n) is 6.03. The van der Waals surface area contributed by atoms with Crippen molar-refractivity contribution in [1.82, 2.24) is 0 Å². The number of aliphatic hydroxyl groups excluding tert-OH is 1. The number of rotatable bonds is 6. The number of fused-ring (bicyclic) bond motifs is 1. The zero-order valence-electron chi connectivity index (χ0n) is 18.7. The predicted octanol–water partition coefficient (Wildman–Crippen LogP) is 7.40. The average Bonchev–Trinajstić information content (AvgIpc) is 2.99. The lowest BCUT2D eigenvalue weighted by Crippen LogP contribution is -2.36. The van der Waals surface area contributed by atoms with Gasteiger partial charge >= 0.3 is 0 Å². The van der Waals surface area contributed by atoms with Gasteiger partial charge in [-0.15, -0.1) is 0 Å². The highest BCUT2D eigenvalue weighted by atomic mass is 16.3. The van der Waals surface area contributed by atoms with E-state index >= 15 is 0 Å². The molecule has 156 valence electrons. The SMILES string of the molecule is C=C1CCC(O)C/C1=C/C=C1\CCCC2(C)[C@@H]([C@H](C)CCCC(C)C)C=C[C@@H]12. The van der Waals surface area contributed by atoms with Crippen molar-refractivity contribution in [3.63, 3.8) is 0 Å². The van der Waals surface area contributed by atoms with Gasteiger partial charge in [0.25, 0.3) is 0 Å². The molecule has 3 aliphatic rings. The van der Waals surface area contributed by atoms with Gasteiger partial charge in [-0.1, -0.05) is 89.0 Å². The molecule has 28 heavy (non-hydrogen) atoms. The van der Waals surface area contributed by atoms with E-state index in [4.69, 9.17) is 0 Å². The molecular weight excluding hydrogens is 340 g/mol. The van der Waals surface area contributed by atoms with Crippen molar-refractivity contribution in [2.24, 2.45) is 29.1 Å². The van der Waals surface area contributed by atoms with E-state index in [9.17, 15) is 5.11 Å². The van der Waals surface area contributed by atoms with E-state index < -0.39 is 0 Å². The third kappa shape index (κ3) is 4.73. The molecule has 5 atom stereocenters. The fraction of sp³-hybridized carbons (Fsp3) is 0.704. The molecule has 1 nitrogen and oxygen atoms in total. The van der Waals surface area contributed by atoms with E-state index in [-0.39, 0.29) is 6.10 Å². The van der Waals surface area contributed by atoms with Gasteiger partial charge in [0.15, 0.2) is 0 Å². The van der Waals surface area contributed by atoms with Gasteiger partial charge in [0, 0.05) is 5.92 Å². The summed E-state index contributed by atoms with van der Waals surface area (Å²) in [6.45, 7) is 13.9. The van der Waals surface area contributed by atoms with Crippen LogP contribution in [0.4, 0.5) is 0 Å². The van der Waals surface area contributed by atoms with Crippen molar-refractivity contribution >= 4 is 0 Å². The Kier molecular flexibility index (Phi) is 7.07. The Labute approximate surface area is 173 Å². The second-order valence-corrected chi connectivity index (χ2v) is 10.5. The highest BCUT2D eigenvalue weighted by Crippen LogP contribution is 2.56. The molecule has 0 radical (unpaired) electrons. The number of allylic oxidation sites excluding steroid dienone is 6. The molecule has 0 bridgehead atoms. The van der Waals surface area contributed by atoms with Crippen LogP contribution in [-0.4, -0.2) is 11.2 Å². The molecule has 0 aromatic carbocycles. The van der Waals surface area contributed by atoms with Gasteiger partial charge in [-0.25, -0.2) is 0 Å². The molecule has 0 aromatic rings. The molecule has 0 heterocycles. The fourth-order valence-corrected chi connectivity index (χ4v) is 6.03. The summed E-state index contributed by atoms with van der Waals surface area (Å²) in [5.74, 6) is 2.90. The summed E-state index contributed by atoms with van der Waals surface area (Å²) in [6.07, 6.45) is 20.1. The molecular formula is C27H42O. The zero-order chi connectivity index (χ0) is 20.3. The molecule has 0 aliphatic heterocycles. The van der Waals surface area contributed by atoms with E-state index in [0.717, 1.165) is 31.1 Å². The van der Waals surface area contributed by atoms with Crippen molar-refractivity contribution in [2.45, 2.75) is 91.6 Å². The normalized spacial score (nSPS) is 37.1. The first-order chi connectivity index (χ1) is 13.3. The maximum absolute atomic E-state index is 10.0. The Morgan fingerprint density at radius 3 is 2.71 bits per heavy atom.